The van der Waals surface area contributed by atoms with Crippen LogP contribution in [0.2, 0.25) is 0 Å². The average molecular weight is 563 g/mol. The van der Waals surface area contributed by atoms with E-state index in [-0.39, 0.29) is 18.3 Å². The summed E-state index contributed by atoms with van der Waals surface area (Å²) in [6.45, 7) is 8.54. The molecule has 0 aliphatic heterocycles. The highest BCUT2D eigenvalue weighted by Gasteiger charge is 2.31. The average Bonchev–Trinajstić information content (AvgIpc) is 3.77. The number of halogens is 3. The van der Waals surface area contributed by atoms with Crippen molar-refractivity contribution in [3.63, 3.8) is 0 Å². The third kappa shape index (κ3) is 8.55. The van der Waals surface area contributed by atoms with Crippen LogP contribution in [0.4, 0.5) is 24.5 Å². The summed E-state index contributed by atoms with van der Waals surface area (Å²) in [7, 11) is 0. The highest BCUT2D eigenvalue weighted by Crippen LogP contribution is 2.32. The fraction of sp³-hybridized carbons (Fsp3) is 0.303. The van der Waals surface area contributed by atoms with Crippen LogP contribution >= 0.6 is 0 Å². The maximum atomic E-state index is 13.3. The van der Waals surface area contributed by atoms with Crippen molar-refractivity contribution in [3.05, 3.63) is 119 Å². The minimum atomic E-state index is -4.68. The Labute approximate surface area is 239 Å². The van der Waals surface area contributed by atoms with Gasteiger partial charge < -0.3 is 21.7 Å². The van der Waals surface area contributed by atoms with Crippen LogP contribution in [0.5, 0.6) is 0 Å². The zero-order valence-electron chi connectivity index (χ0n) is 23.4. The predicted molar refractivity (Wildman–Crippen MR) is 159 cm³/mol. The zero-order valence-corrected chi connectivity index (χ0v) is 23.4. The van der Waals surface area contributed by atoms with Crippen LogP contribution < -0.4 is 21.7 Å². The van der Waals surface area contributed by atoms with Crippen molar-refractivity contribution < 1.29 is 18.0 Å². The number of carbonyl (C=O) groups excluding carboxylic acids is 1. The highest BCUT2D eigenvalue weighted by atomic mass is 19.4. The van der Waals surface area contributed by atoms with Crippen molar-refractivity contribution >= 4 is 17.3 Å². The number of hydrogen-bond acceptors (Lipinski definition) is 4. The van der Waals surface area contributed by atoms with Gasteiger partial charge in [0, 0.05) is 17.9 Å². The summed E-state index contributed by atoms with van der Waals surface area (Å²) in [5.41, 5.74) is 9.22. The number of allylic oxidation sites excluding steroid dienone is 2. The molecule has 1 saturated carbocycles. The number of nitrogens with one attached hydrogen (secondary N) is 3. The molecule has 1 aliphatic rings. The standard InChI is InChI=1S/C33H37F3N4O/c1-21(2)25-12-14-26(15-13-25)31(38-20-23-10-11-23)27-7-5-9-29(18-27)40-32(41)30(16-22(3)33(34,35)36)39-28-8-4-6-24(17-28)19-37/h4-9,12-18,21,23,31,38-39H,3,10-11,19-20,37H2,1-2H3,(H,40,41)/b30-16-. The third-order valence-electron chi connectivity index (χ3n) is 7.09. The number of carbonyl (C=O) groups is 1. The fourth-order valence-electron chi connectivity index (χ4n) is 4.45. The van der Waals surface area contributed by atoms with Crippen LogP contribution in [0, 0.1) is 5.92 Å². The van der Waals surface area contributed by atoms with Gasteiger partial charge in [0.05, 0.1) is 11.6 Å². The van der Waals surface area contributed by atoms with Gasteiger partial charge in [-0.2, -0.15) is 13.2 Å². The van der Waals surface area contributed by atoms with Crippen LogP contribution in [0.25, 0.3) is 0 Å². The molecular formula is C33H37F3N4O. The third-order valence-corrected chi connectivity index (χ3v) is 7.09. The van der Waals surface area contributed by atoms with Crippen LogP contribution in [0.1, 0.15) is 60.9 Å². The molecule has 1 aliphatic carbocycles. The molecule has 0 spiro atoms. The van der Waals surface area contributed by atoms with Crippen molar-refractivity contribution in [1.29, 1.82) is 0 Å². The first kappa shape index (κ1) is 30.1. The molecule has 0 aromatic heterocycles. The molecule has 5 N–H and O–H groups in total. The number of rotatable bonds is 12. The van der Waals surface area contributed by atoms with Crippen molar-refractivity contribution in [2.75, 3.05) is 17.2 Å². The Morgan fingerprint density at radius 3 is 2.20 bits per heavy atom. The van der Waals surface area contributed by atoms with Crippen molar-refractivity contribution in [2.24, 2.45) is 11.7 Å². The smallest absolute Gasteiger partial charge is 0.351 e. The van der Waals surface area contributed by atoms with Gasteiger partial charge in [0.15, 0.2) is 0 Å². The highest BCUT2D eigenvalue weighted by molar-refractivity contribution is 6.06. The van der Waals surface area contributed by atoms with E-state index >= 15 is 0 Å². The lowest BCUT2D eigenvalue weighted by Gasteiger charge is -2.22. The first-order valence-corrected chi connectivity index (χ1v) is 13.8. The van der Waals surface area contributed by atoms with E-state index in [0.29, 0.717) is 29.3 Å². The Balaban J connectivity index is 1.60. The van der Waals surface area contributed by atoms with Crippen molar-refractivity contribution in [1.82, 2.24) is 5.32 Å². The van der Waals surface area contributed by atoms with E-state index in [1.165, 1.54) is 18.4 Å². The molecule has 4 rings (SSSR count). The van der Waals surface area contributed by atoms with Crippen molar-refractivity contribution in [2.45, 2.75) is 51.4 Å². The summed E-state index contributed by atoms with van der Waals surface area (Å²) >= 11 is 0. The van der Waals surface area contributed by atoms with E-state index in [1.54, 1.807) is 30.3 Å². The van der Waals surface area contributed by atoms with Gasteiger partial charge in [-0.1, -0.05) is 69.0 Å². The summed E-state index contributed by atoms with van der Waals surface area (Å²) in [5, 5.41) is 9.25. The normalized spacial score (nSPS) is 14.6. The molecule has 41 heavy (non-hydrogen) atoms. The first-order chi connectivity index (χ1) is 19.5. The molecule has 1 amide bonds. The number of amides is 1. The lowest BCUT2D eigenvalue weighted by Crippen LogP contribution is -2.25. The van der Waals surface area contributed by atoms with Crippen LogP contribution in [-0.2, 0) is 11.3 Å². The Morgan fingerprint density at radius 2 is 1.59 bits per heavy atom. The molecule has 1 fully saturated rings. The van der Waals surface area contributed by atoms with Gasteiger partial charge in [-0.3, -0.25) is 4.79 Å². The molecule has 0 saturated heterocycles. The monoisotopic (exact) mass is 562 g/mol. The van der Waals surface area contributed by atoms with Gasteiger partial charge >= 0.3 is 6.18 Å². The molecular weight excluding hydrogens is 525 g/mol. The summed E-state index contributed by atoms with van der Waals surface area (Å²) in [6.07, 6.45) is -1.55. The van der Waals surface area contributed by atoms with Gasteiger partial charge in [-0.15, -0.1) is 0 Å². The lowest BCUT2D eigenvalue weighted by molar-refractivity contribution is -0.112. The fourth-order valence-corrected chi connectivity index (χ4v) is 4.45. The van der Waals surface area contributed by atoms with Crippen LogP contribution in [0.3, 0.4) is 0 Å². The second-order valence-electron chi connectivity index (χ2n) is 10.8. The second kappa shape index (κ2) is 13.2. The Bertz CT molecular complexity index is 1390. The molecule has 3 aromatic carbocycles. The van der Waals surface area contributed by atoms with Gasteiger partial charge in [0.2, 0.25) is 0 Å². The zero-order chi connectivity index (χ0) is 29.6. The topological polar surface area (TPSA) is 79.2 Å². The quantitative estimate of drug-likeness (QED) is 0.137. The van der Waals surface area contributed by atoms with Crippen molar-refractivity contribution in [3.8, 4) is 0 Å². The number of nitrogens with two attached hydrogens (primary N) is 1. The lowest BCUT2D eigenvalue weighted by atomic mass is 9.95. The van der Waals surface area contributed by atoms with Crippen LogP contribution in [-0.4, -0.2) is 18.6 Å². The Morgan fingerprint density at radius 1 is 0.951 bits per heavy atom. The maximum absolute atomic E-state index is 13.3. The number of anilines is 2. The van der Waals surface area contributed by atoms with Gasteiger partial charge in [0.25, 0.3) is 5.91 Å². The number of benzene rings is 3. The largest absolute Gasteiger partial charge is 0.415 e. The molecule has 0 bridgehead atoms. The molecule has 3 aromatic rings. The second-order valence-corrected chi connectivity index (χ2v) is 10.8. The minimum Gasteiger partial charge on any atom is -0.351 e. The van der Waals surface area contributed by atoms with E-state index in [0.717, 1.165) is 23.2 Å². The molecule has 1 unspecified atom stereocenters. The molecule has 0 radical (unpaired) electrons. The predicted octanol–water partition coefficient (Wildman–Crippen LogP) is 7.41. The van der Waals surface area contributed by atoms with Gasteiger partial charge in [-0.25, -0.2) is 0 Å². The maximum Gasteiger partial charge on any atom is 0.415 e. The molecule has 8 heteroatoms. The molecule has 216 valence electrons. The number of hydrogen-bond donors (Lipinski definition) is 4. The molecule has 5 nitrogen and oxygen atoms in total. The summed E-state index contributed by atoms with van der Waals surface area (Å²) < 4.78 is 40.0. The molecule has 0 heterocycles. The Hall–Kier alpha value is -3.88. The minimum absolute atomic E-state index is 0.106. The number of alkyl halides is 3. The van der Waals surface area contributed by atoms with Crippen LogP contribution in [0.15, 0.2) is 96.7 Å². The van der Waals surface area contributed by atoms with E-state index < -0.39 is 17.7 Å². The summed E-state index contributed by atoms with van der Waals surface area (Å²) in [4.78, 5) is 13.3. The summed E-state index contributed by atoms with van der Waals surface area (Å²) in [5.74, 6) is 0.352. The van der Waals surface area contributed by atoms with Gasteiger partial charge in [0.1, 0.15) is 5.70 Å². The van der Waals surface area contributed by atoms with E-state index in [2.05, 4.69) is 60.6 Å². The summed E-state index contributed by atoms with van der Waals surface area (Å²) in [6, 6.07) is 22.6. The van der Waals surface area contributed by atoms with Gasteiger partial charge in [-0.05, 0) is 83.8 Å². The van der Waals surface area contributed by atoms with E-state index in [1.807, 2.05) is 18.2 Å². The Kier molecular flexibility index (Phi) is 9.68. The SMILES string of the molecule is C=C(/C=C(\Nc1cccc(CN)c1)C(=O)Nc1cccc(C(NCC2CC2)c2ccc(C(C)C)cc2)c1)C(F)(F)F. The van der Waals surface area contributed by atoms with E-state index in [4.69, 9.17) is 5.73 Å². The molecule has 1 atom stereocenters. The van der Waals surface area contributed by atoms with E-state index in [9.17, 15) is 18.0 Å². The first-order valence-electron chi connectivity index (χ1n) is 13.8.